The highest BCUT2D eigenvalue weighted by molar-refractivity contribution is 5.62. The Hall–Kier alpha value is -2.55. The summed E-state index contributed by atoms with van der Waals surface area (Å²) < 4.78 is 21.2. The van der Waals surface area contributed by atoms with Crippen LogP contribution in [0, 0.1) is 24.1 Å². The molecule has 120 valence electrons. The number of hydrogen-bond acceptors (Lipinski definition) is 4. The first-order chi connectivity index (χ1) is 11.1. The predicted molar refractivity (Wildman–Crippen MR) is 84.9 cm³/mol. The van der Waals surface area contributed by atoms with Gasteiger partial charge in [0.15, 0.2) is 0 Å². The molecule has 2 aromatic rings. The topological polar surface area (TPSA) is 54.1 Å². The number of benzene rings is 1. The number of hydrogen-bond donors (Lipinski definition) is 0. The van der Waals surface area contributed by atoms with Crippen molar-refractivity contribution in [2.24, 2.45) is 7.05 Å². The van der Waals surface area contributed by atoms with E-state index >= 15 is 0 Å². The van der Waals surface area contributed by atoms with Gasteiger partial charge >= 0.3 is 0 Å². The van der Waals surface area contributed by atoms with E-state index in [1.165, 1.54) is 6.07 Å². The molecule has 0 N–H and O–H groups in total. The van der Waals surface area contributed by atoms with Crippen LogP contribution in [0.1, 0.15) is 35.7 Å². The van der Waals surface area contributed by atoms with Crippen molar-refractivity contribution < 1.29 is 9.13 Å². The van der Waals surface area contributed by atoms with E-state index in [0.717, 1.165) is 30.6 Å². The van der Waals surface area contributed by atoms with Gasteiger partial charge in [0.05, 0.1) is 30.1 Å². The maximum absolute atomic E-state index is 14.0. The summed E-state index contributed by atoms with van der Waals surface area (Å²) in [6.45, 7) is 2.73. The van der Waals surface area contributed by atoms with Crippen molar-refractivity contribution in [1.29, 1.82) is 5.26 Å². The van der Waals surface area contributed by atoms with Crippen LogP contribution in [0.25, 0.3) is 0 Å². The molecule has 0 aliphatic carbocycles. The Bertz CT molecular complexity index is 778. The van der Waals surface area contributed by atoms with Gasteiger partial charge < -0.3 is 9.64 Å². The fourth-order valence-corrected chi connectivity index (χ4v) is 3.50. The monoisotopic (exact) mass is 314 g/mol. The summed E-state index contributed by atoms with van der Waals surface area (Å²) in [5.41, 5.74) is 2.65. The van der Waals surface area contributed by atoms with E-state index < -0.39 is 5.82 Å². The van der Waals surface area contributed by atoms with Crippen molar-refractivity contribution in [3.8, 4) is 11.9 Å². The van der Waals surface area contributed by atoms with E-state index in [9.17, 15) is 9.65 Å². The number of ether oxygens (including phenoxy) is 1. The number of methoxy groups -OCH3 is 1. The lowest BCUT2D eigenvalue weighted by Crippen LogP contribution is -2.24. The first-order valence-corrected chi connectivity index (χ1v) is 7.61. The average Bonchev–Trinajstić information content (AvgIpc) is 3.10. The molecule has 0 spiro atoms. The lowest BCUT2D eigenvalue weighted by molar-refractivity contribution is 0.366. The zero-order valence-corrected chi connectivity index (χ0v) is 13.5. The molecule has 0 saturated carbocycles. The van der Waals surface area contributed by atoms with Gasteiger partial charge in [0, 0.05) is 13.6 Å². The molecule has 3 rings (SSSR count). The molecule has 0 radical (unpaired) electrons. The normalized spacial score (nSPS) is 17.3. The van der Waals surface area contributed by atoms with Crippen molar-refractivity contribution in [3.63, 3.8) is 0 Å². The summed E-state index contributed by atoms with van der Waals surface area (Å²) >= 11 is 0. The lowest BCUT2D eigenvalue weighted by Gasteiger charge is -2.28. The second kappa shape index (κ2) is 5.92. The molecule has 2 heterocycles. The maximum atomic E-state index is 14.0. The minimum Gasteiger partial charge on any atom is -0.481 e. The van der Waals surface area contributed by atoms with E-state index in [1.54, 1.807) is 23.9 Å². The molecule has 1 atom stereocenters. The molecule has 1 aromatic carbocycles. The number of aryl methyl sites for hydroxylation is 2. The molecular weight excluding hydrogens is 295 g/mol. The summed E-state index contributed by atoms with van der Waals surface area (Å²) in [6.07, 6.45) is 1.90. The van der Waals surface area contributed by atoms with E-state index in [0.29, 0.717) is 11.6 Å². The zero-order valence-electron chi connectivity index (χ0n) is 13.5. The van der Waals surface area contributed by atoms with E-state index in [4.69, 9.17) is 4.74 Å². The van der Waals surface area contributed by atoms with Crippen LogP contribution >= 0.6 is 0 Å². The Labute approximate surface area is 134 Å². The molecule has 1 fully saturated rings. The maximum Gasteiger partial charge on any atom is 0.216 e. The standard InChI is InChI=1S/C17H19FN4O/c1-11-16(17(23-3)21(2)20-11)15-8-5-9-22(15)14-7-4-6-13(18)12(14)10-19/h4,6-7,15H,5,8-9H2,1-3H3. The van der Waals surface area contributed by atoms with Gasteiger partial charge in [0.1, 0.15) is 17.4 Å². The predicted octanol–water partition coefficient (Wildman–Crippen LogP) is 3.09. The van der Waals surface area contributed by atoms with Gasteiger partial charge in [-0.3, -0.25) is 0 Å². The van der Waals surface area contributed by atoms with Crippen molar-refractivity contribution in [2.45, 2.75) is 25.8 Å². The average molecular weight is 314 g/mol. The zero-order chi connectivity index (χ0) is 16.6. The quantitative estimate of drug-likeness (QED) is 0.873. The highest BCUT2D eigenvalue weighted by atomic mass is 19.1. The van der Waals surface area contributed by atoms with Crippen LogP contribution in [0.3, 0.4) is 0 Å². The third-order valence-electron chi connectivity index (χ3n) is 4.41. The van der Waals surface area contributed by atoms with Crippen LogP contribution in [0.2, 0.25) is 0 Å². The molecule has 6 heteroatoms. The molecule has 23 heavy (non-hydrogen) atoms. The summed E-state index contributed by atoms with van der Waals surface area (Å²) in [5, 5.41) is 13.8. The fourth-order valence-electron chi connectivity index (χ4n) is 3.50. The summed E-state index contributed by atoms with van der Waals surface area (Å²) in [4.78, 5) is 2.09. The third-order valence-corrected chi connectivity index (χ3v) is 4.41. The second-order valence-corrected chi connectivity index (χ2v) is 5.73. The van der Waals surface area contributed by atoms with Gasteiger partial charge in [-0.1, -0.05) is 6.07 Å². The van der Waals surface area contributed by atoms with Gasteiger partial charge in [0.25, 0.3) is 0 Å². The highest BCUT2D eigenvalue weighted by Crippen LogP contribution is 2.42. The summed E-state index contributed by atoms with van der Waals surface area (Å²) in [5.74, 6) is 0.236. The Morgan fingerprint density at radius 3 is 2.91 bits per heavy atom. The molecule has 0 amide bonds. The molecule has 0 bridgehead atoms. The number of halogens is 1. The van der Waals surface area contributed by atoms with Crippen LogP contribution in [0.15, 0.2) is 18.2 Å². The molecule has 1 aromatic heterocycles. The fraction of sp³-hybridized carbons (Fsp3) is 0.412. The van der Waals surface area contributed by atoms with Gasteiger partial charge in [-0.15, -0.1) is 0 Å². The van der Waals surface area contributed by atoms with E-state index in [2.05, 4.69) is 10.00 Å². The van der Waals surface area contributed by atoms with Crippen LogP contribution in [0.4, 0.5) is 10.1 Å². The minimum absolute atomic E-state index is 0.0348. The Kier molecular flexibility index (Phi) is 3.95. The smallest absolute Gasteiger partial charge is 0.216 e. The van der Waals surface area contributed by atoms with Gasteiger partial charge in [-0.05, 0) is 31.9 Å². The molecule has 1 unspecified atom stereocenters. The lowest BCUT2D eigenvalue weighted by atomic mass is 10.0. The number of anilines is 1. The van der Waals surface area contributed by atoms with Crippen LogP contribution in [-0.2, 0) is 7.05 Å². The van der Waals surface area contributed by atoms with Gasteiger partial charge in [0.2, 0.25) is 5.88 Å². The number of nitrogens with zero attached hydrogens (tertiary/aromatic N) is 4. The van der Waals surface area contributed by atoms with Gasteiger partial charge in [-0.2, -0.15) is 10.4 Å². The number of aromatic nitrogens is 2. The number of rotatable bonds is 3. The van der Waals surface area contributed by atoms with Crippen LogP contribution in [0.5, 0.6) is 5.88 Å². The highest BCUT2D eigenvalue weighted by Gasteiger charge is 2.33. The minimum atomic E-state index is -0.481. The van der Waals surface area contributed by atoms with E-state index in [1.807, 2.05) is 20.0 Å². The molecule has 1 aliphatic heterocycles. The first kappa shape index (κ1) is 15.3. The third kappa shape index (κ3) is 2.42. The van der Waals surface area contributed by atoms with E-state index in [-0.39, 0.29) is 11.6 Å². The molecule has 1 aliphatic rings. The largest absolute Gasteiger partial charge is 0.481 e. The van der Waals surface area contributed by atoms with Crippen LogP contribution in [-0.4, -0.2) is 23.4 Å². The van der Waals surface area contributed by atoms with Crippen molar-refractivity contribution >= 4 is 5.69 Å². The summed E-state index contributed by atoms with van der Waals surface area (Å²) in [6, 6.07) is 6.80. The number of nitriles is 1. The van der Waals surface area contributed by atoms with Crippen molar-refractivity contribution in [2.75, 3.05) is 18.6 Å². The van der Waals surface area contributed by atoms with Crippen molar-refractivity contribution in [1.82, 2.24) is 9.78 Å². The SMILES string of the molecule is COc1c(C2CCCN2c2cccc(F)c2C#N)c(C)nn1C. The second-order valence-electron chi connectivity index (χ2n) is 5.73. The first-order valence-electron chi connectivity index (χ1n) is 7.61. The molecule has 1 saturated heterocycles. The Morgan fingerprint density at radius 2 is 2.22 bits per heavy atom. The summed E-state index contributed by atoms with van der Waals surface area (Å²) in [7, 11) is 3.47. The van der Waals surface area contributed by atoms with Crippen LogP contribution < -0.4 is 9.64 Å². The Morgan fingerprint density at radius 1 is 1.43 bits per heavy atom. The Balaban J connectivity index is 2.09. The molecular formula is C17H19FN4O. The van der Waals surface area contributed by atoms with Gasteiger partial charge in [-0.25, -0.2) is 9.07 Å². The molecule has 5 nitrogen and oxygen atoms in total. The van der Waals surface area contributed by atoms with Crippen molar-refractivity contribution in [3.05, 3.63) is 40.8 Å².